The van der Waals surface area contributed by atoms with Crippen molar-refractivity contribution in [2.24, 2.45) is 5.73 Å². The lowest BCUT2D eigenvalue weighted by Gasteiger charge is -2.45. The molecule has 0 aromatic heterocycles. The molecule has 0 aliphatic carbocycles. The molecular formula is C15H23BrN2O2. The van der Waals surface area contributed by atoms with Gasteiger partial charge >= 0.3 is 0 Å². The molecule has 3 N–H and O–H groups in total. The standard InChI is InChI=1S/C15H23BrN2O2/c1-15(2)10-18(8-13(9-19)20-15)14(7-17)11-4-3-5-12(16)6-11/h3-6,13-14,19H,7-10,17H2,1-2H3. The van der Waals surface area contributed by atoms with Gasteiger partial charge in [0.15, 0.2) is 0 Å². The topological polar surface area (TPSA) is 58.7 Å². The third kappa shape index (κ3) is 3.80. The number of benzene rings is 1. The van der Waals surface area contributed by atoms with E-state index in [2.05, 4.69) is 46.8 Å². The van der Waals surface area contributed by atoms with Gasteiger partial charge in [-0.1, -0.05) is 28.1 Å². The normalized spacial score (nSPS) is 24.6. The lowest BCUT2D eigenvalue weighted by Crippen LogP contribution is -2.55. The van der Waals surface area contributed by atoms with Crippen molar-refractivity contribution in [1.29, 1.82) is 0 Å². The third-order valence-electron chi connectivity index (χ3n) is 3.61. The minimum atomic E-state index is -0.273. The predicted molar refractivity (Wildman–Crippen MR) is 83.5 cm³/mol. The highest BCUT2D eigenvalue weighted by Crippen LogP contribution is 2.29. The predicted octanol–water partition coefficient (Wildman–Crippen LogP) is 1.92. The van der Waals surface area contributed by atoms with E-state index in [9.17, 15) is 5.11 Å². The Kier molecular flexibility index (Phi) is 5.20. The Hall–Kier alpha value is -0.460. The summed E-state index contributed by atoms with van der Waals surface area (Å²) in [7, 11) is 0. The van der Waals surface area contributed by atoms with E-state index in [1.54, 1.807) is 0 Å². The van der Waals surface area contributed by atoms with Crippen molar-refractivity contribution in [2.45, 2.75) is 31.6 Å². The molecule has 1 saturated heterocycles. The first-order chi connectivity index (χ1) is 9.45. The van der Waals surface area contributed by atoms with Crippen LogP contribution in [0.25, 0.3) is 0 Å². The summed E-state index contributed by atoms with van der Waals surface area (Å²) in [6, 6.07) is 8.38. The molecule has 5 heteroatoms. The molecule has 20 heavy (non-hydrogen) atoms. The van der Waals surface area contributed by atoms with E-state index >= 15 is 0 Å². The van der Waals surface area contributed by atoms with Gasteiger partial charge in [-0.15, -0.1) is 0 Å². The number of nitrogens with two attached hydrogens (primary N) is 1. The van der Waals surface area contributed by atoms with Gasteiger partial charge in [0, 0.05) is 30.1 Å². The number of nitrogens with zero attached hydrogens (tertiary/aromatic N) is 1. The fourth-order valence-electron chi connectivity index (χ4n) is 2.88. The van der Waals surface area contributed by atoms with Gasteiger partial charge in [-0.2, -0.15) is 0 Å². The molecule has 1 heterocycles. The number of ether oxygens (including phenoxy) is 1. The maximum absolute atomic E-state index is 9.42. The second-order valence-electron chi connectivity index (χ2n) is 5.92. The van der Waals surface area contributed by atoms with E-state index < -0.39 is 0 Å². The van der Waals surface area contributed by atoms with Gasteiger partial charge < -0.3 is 15.6 Å². The molecule has 2 atom stereocenters. The van der Waals surface area contributed by atoms with Crippen molar-refractivity contribution in [2.75, 3.05) is 26.2 Å². The number of rotatable bonds is 4. The molecule has 1 aromatic carbocycles. The molecule has 2 unspecified atom stereocenters. The fraction of sp³-hybridized carbons (Fsp3) is 0.600. The molecular weight excluding hydrogens is 320 g/mol. The van der Waals surface area contributed by atoms with Gasteiger partial charge in [0.2, 0.25) is 0 Å². The minimum Gasteiger partial charge on any atom is -0.394 e. The van der Waals surface area contributed by atoms with E-state index in [0.717, 1.165) is 11.0 Å². The Labute approximate surface area is 129 Å². The molecule has 1 fully saturated rings. The first-order valence-corrected chi connectivity index (χ1v) is 7.73. The number of aliphatic hydroxyl groups is 1. The van der Waals surface area contributed by atoms with Gasteiger partial charge in [-0.25, -0.2) is 0 Å². The van der Waals surface area contributed by atoms with E-state index in [4.69, 9.17) is 10.5 Å². The Morgan fingerprint density at radius 1 is 1.55 bits per heavy atom. The van der Waals surface area contributed by atoms with Gasteiger partial charge in [0.25, 0.3) is 0 Å². The van der Waals surface area contributed by atoms with Crippen LogP contribution in [-0.4, -0.2) is 48.0 Å². The Balaban J connectivity index is 2.22. The summed E-state index contributed by atoms with van der Waals surface area (Å²) in [5, 5.41) is 9.42. The van der Waals surface area contributed by atoms with Gasteiger partial charge in [-0.05, 0) is 31.5 Å². The molecule has 0 radical (unpaired) electrons. The summed E-state index contributed by atoms with van der Waals surface area (Å²) < 4.78 is 6.92. The van der Waals surface area contributed by atoms with Crippen LogP contribution in [0.3, 0.4) is 0 Å². The van der Waals surface area contributed by atoms with Crippen LogP contribution in [0.4, 0.5) is 0 Å². The molecule has 0 amide bonds. The summed E-state index contributed by atoms with van der Waals surface area (Å²) in [5.74, 6) is 0. The van der Waals surface area contributed by atoms with Gasteiger partial charge in [0.1, 0.15) is 0 Å². The van der Waals surface area contributed by atoms with E-state index in [1.165, 1.54) is 5.56 Å². The first kappa shape index (κ1) is 15.9. The maximum atomic E-state index is 9.42. The number of hydrogen-bond acceptors (Lipinski definition) is 4. The molecule has 112 valence electrons. The smallest absolute Gasteiger partial charge is 0.0940 e. The van der Waals surface area contributed by atoms with E-state index in [-0.39, 0.29) is 24.4 Å². The largest absolute Gasteiger partial charge is 0.394 e. The summed E-state index contributed by atoms with van der Waals surface area (Å²) in [4.78, 5) is 2.31. The highest BCUT2D eigenvalue weighted by molar-refractivity contribution is 9.10. The van der Waals surface area contributed by atoms with Crippen molar-refractivity contribution in [3.05, 3.63) is 34.3 Å². The van der Waals surface area contributed by atoms with Crippen LogP contribution in [-0.2, 0) is 4.74 Å². The van der Waals surface area contributed by atoms with Crippen molar-refractivity contribution in [3.63, 3.8) is 0 Å². The van der Waals surface area contributed by atoms with Crippen LogP contribution in [0.15, 0.2) is 28.7 Å². The Bertz CT molecular complexity index is 453. The van der Waals surface area contributed by atoms with Crippen LogP contribution in [0.5, 0.6) is 0 Å². The molecule has 0 bridgehead atoms. The molecule has 0 spiro atoms. The van der Waals surface area contributed by atoms with Crippen molar-refractivity contribution in [3.8, 4) is 0 Å². The number of hydrogen-bond donors (Lipinski definition) is 2. The average Bonchev–Trinajstić information content (AvgIpc) is 2.38. The molecule has 0 saturated carbocycles. The second-order valence-corrected chi connectivity index (χ2v) is 6.83. The highest BCUT2D eigenvalue weighted by Gasteiger charge is 2.36. The number of morpholine rings is 1. The fourth-order valence-corrected chi connectivity index (χ4v) is 3.30. The van der Waals surface area contributed by atoms with Gasteiger partial charge in [0.05, 0.1) is 18.3 Å². The molecule has 2 rings (SSSR count). The third-order valence-corrected chi connectivity index (χ3v) is 4.10. The lowest BCUT2D eigenvalue weighted by molar-refractivity contribution is -0.156. The van der Waals surface area contributed by atoms with Crippen LogP contribution in [0, 0.1) is 0 Å². The van der Waals surface area contributed by atoms with Crippen LogP contribution in [0.2, 0.25) is 0 Å². The van der Waals surface area contributed by atoms with Crippen LogP contribution < -0.4 is 5.73 Å². The first-order valence-electron chi connectivity index (χ1n) is 6.93. The molecule has 1 aliphatic heterocycles. The van der Waals surface area contributed by atoms with Crippen LogP contribution in [0.1, 0.15) is 25.5 Å². The number of aliphatic hydroxyl groups excluding tert-OH is 1. The monoisotopic (exact) mass is 342 g/mol. The minimum absolute atomic E-state index is 0.0374. The molecule has 1 aromatic rings. The molecule has 1 aliphatic rings. The number of halogens is 1. The van der Waals surface area contributed by atoms with Gasteiger partial charge in [-0.3, -0.25) is 4.90 Å². The summed E-state index contributed by atoms with van der Waals surface area (Å²) in [5.41, 5.74) is 6.92. The quantitative estimate of drug-likeness (QED) is 0.877. The van der Waals surface area contributed by atoms with Crippen molar-refractivity contribution >= 4 is 15.9 Å². The maximum Gasteiger partial charge on any atom is 0.0940 e. The highest BCUT2D eigenvalue weighted by atomic mass is 79.9. The summed E-state index contributed by atoms with van der Waals surface area (Å²) in [6.45, 7) is 6.19. The van der Waals surface area contributed by atoms with E-state index in [0.29, 0.717) is 13.1 Å². The summed E-state index contributed by atoms with van der Waals surface area (Å²) in [6.07, 6.45) is -0.153. The molecule has 4 nitrogen and oxygen atoms in total. The SMILES string of the molecule is CC1(C)CN(C(CN)c2cccc(Br)c2)CC(CO)O1. The zero-order valence-corrected chi connectivity index (χ0v) is 13.6. The average molecular weight is 343 g/mol. The van der Waals surface area contributed by atoms with E-state index in [1.807, 2.05) is 12.1 Å². The lowest BCUT2D eigenvalue weighted by atomic mass is 9.99. The zero-order valence-electron chi connectivity index (χ0n) is 12.1. The van der Waals surface area contributed by atoms with Crippen LogP contribution >= 0.6 is 15.9 Å². The Morgan fingerprint density at radius 3 is 2.90 bits per heavy atom. The summed E-state index contributed by atoms with van der Waals surface area (Å²) >= 11 is 3.51. The van der Waals surface area contributed by atoms with Crippen molar-refractivity contribution in [1.82, 2.24) is 4.90 Å². The van der Waals surface area contributed by atoms with Crippen molar-refractivity contribution < 1.29 is 9.84 Å². The zero-order chi connectivity index (χ0) is 14.8. The Morgan fingerprint density at radius 2 is 2.30 bits per heavy atom. The second kappa shape index (κ2) is 6.54.